The van der Waals surface area contributed by atoms with E-state index in [0.717, 1.165) is 5.75 Å². The van der Waals surface area contributed by atoms with Crippen LogP contribution < -0.4 is 5.73 Å². The number of nitrogens with zero attached hydrogens (tertiary/aromatic N) is 3. The normalized spacial score (nSPS) is 11.7. The summed E-state index contributed by atoms with van der Waals surface area (Å²) in [6, 6.07) is 5.33. The first kappa shape index (κ1) is 12.9. The van der Waals surface area contributed by atoms with Crippen molar-refractivity contribution < 1.29 is 4.52 Å². The Morgan fingerprint density at radius 3 is 2.72 bits per heavy atom. The molecule has 0 aliphatic carbocycles. The van der Waals surface area contributed by atoms with Crippen LogP contribution in [0.25, 0.3) is 11.6 Å². The molecule has 0 atom stereocenters. The van der Waals surface area contributed by atoms with Gasteiger partial charge in [-0.2, -0.15) is 4.98 Å². The fourth-order valence-electron chi connectivity index (χ4n) is 1.27. The van der Waals surface area contributed by atoms with E-state index < -0.39 is 0 Å². The van der Waals surface area contributed by atoms with E-state index in [9.17, 15) is 0 Å². The zero-order chi connectivity index (χ0) is 13.2. The Kier molecular flexibility index (Phi) is 3.56. The minimum atomic E-state index is 0.177. The lowest BCUT2D eigenvalue weighted by molar-refractivity contribution is 0.424. The second kappa shape index (κ2) is 4.97. The quantitative estimate of drug-likeness (QED) is 0.918. The van der Waals surface area contributed by atoms with E-state index in [0.29, 0.717) is 23.2 Å². The van der Waals surface area contributed by atoms with Crippen LogP contribution in [-0.4, -0.2) is 19.9 Å². The highest BCUT2D eigenvalue weighted by molar-refractivity contribution is 7.99. The van der Waals surface area contributed by atoms with Gasteiger partial charge in [0.25, 0.3) is 5.89 Å². The second-order valence-corrected chi connectivity index (χ2v) is 6.67. The average Bonchev–Trinajstić information content (AvgIpc) is 2.74. The highest BCUT2D eigenvalue weighted by Crippen LogP contribution is 2.26. The summed E-state index contributed by atoms with van der Waals surface area (Å²) in [5, 5.41) is 3.94. The first-order valence-electron chi connectivity index (χ1n) is 5.63. The molecule has 0 saturated carbocycles. The maximum atomic E-state index is 5.61. The highest BCUT2D eigenvalue weighted by Gasteiger charge is 2.15. The van der Waals surface area contributed by atoms with E-state index in [1.807, 2.05) is 6.07 Å². The van der Waals surface area contributed by atoms with Gasteiger partial charge in [0, 0.05) is 4.75 Å². The Bertz CT molecular complexity index is 533. The van der Waals surface area contributed by atoms with Gasteiger partial charge in [-0.1, -0.05) is 32.0 Å². The first-order valence-corrected chi connectivity index (χ1v) is 6.62. The van der Waals surface area contributed by atoms with Crippen molar-refractivity contribution in [1.29, 1.82) is 0 Å². The summed E-state index contributed by atoms with van der Waals surface area (Å²) in [5.41, 5.74) is 6.22. The van der Waals surface area contributed by atoms with Gasteiger partial charge >= 0.3 is 0 Å². The Balaban J connectivity index is 2.11. The summed E-state index contributed by atoms with van der Waals surface area (Å²) in [6.07, 6.45) is 0. The van der Waals surface area contributed by atoms with Gasteiger partial charge in [-0.3, -0.25) is 0 Å². The Morgan fingerprint density at radius 1 is 1.28 bits per heavy atom. The summed E-state index contributed by atoms with van der Waals surface area (Å²) in [6.45, 7) is 6.45. The van der Waals surface area contributed by atoms with Crippen molar-refractivity contribution >= 4 is 17.6 Å². The molecule has 0 spiro atoms. The molecule has 0 aliphatic rings. The van der Waals surface area contributed by atoms with Crippen molar-refractivity contribution in [3.63, 3.8) is 0 Å². The number of rotatable bonds is 3. The molecule has 18 heavy (non-hydrogen) atoms. The number of nitrogens with two attached hydrogens (primary N) is 1. The van der Waals surface area contributed by atoms with Gasteiger partial charge < -0.3 is 10.3 Å². The largest absolute Gasteiger partial charge is 0.384 e. The van der Waals surface area contributed by atoms with Gasteiger partial charge in [0.05, 0.1) is 5.75 Å². The first-order chi connectivity index (χ1) is 8.44. The summed E-state index contributed by atoms with van der Waals surface area (Å²) >= 11 is 1.77. The standard InChI is InChI=1S/C12H16N4OS/c1-12(2,3)18-7-10-15-11(17-16-10)8-5-4-6-9(13)14-8/h4-6H,7H2,1-3H3,(H2,13,14). The van der Waals surface area contributed by atoms with Crippen molar-refractivity contribution in [3.8, 4) is 11.6 Å². The number of hydrogen-bond donors (Lipinski definition) is 1. The molecule has 5 nitrogen and oxygen atoms in total. The van der Waals surface area contributed by atoms with E-state index in [1.165, 1.54) is 0 Å². The molecule has 0 aliphatic heterocycles. The molecule has 2 rings (SSSR count). The molecule has 0 unspecified atom stereocenters. The molecule has 0 bridgehead atoms. The van der Waals surface area contributed by atoms with E-state index >= 15 is 0 Å². The number of thioether (sulfide) groups is 1. The van der Waals surface area contributed by atoms with Crippen LogP contribution >= 0.6 is 11.8 Å². The lowest BCUT2D eigenvalue weighted by Crippen LogP contribution is -2.07. The fraction of sp³-hybridized carbons (Fsp3) is 0.417. The molecule has 2 heterocycles. The monoisotopic (exact) mass is 264 g/mol. The van der Waals surface area contributed by atoms with E-state index in [-0.39, 0.29) is 4.75 Å². The number of anilines is 1. The molecular formula is C12H16N4OS. The number of hydrogen-bond acceptors (Lipinski definition) is 6. The van der Waals surface area contributed by atoms with Crippen molar-refractivity contribution in [2.24, 2.45) is 0 Å². The molecule has 6 heteroatoms. The summed E-state index contributed by atoms with van der Waals surface area (Å²) in [4.78, 5) is 8.45. The van der Waals surface area contributed by atoms with Gasteiger partial charge in [0.2, 0.25) is 0 Å². The average molecular weight is 264 g/mol. The van der Waals surface area contributed by atoms with Crippen LogP contribution in [0.15, 0.2) is 22.7 Å². The van der Waals surface area contributed by atoms with E-state index in [4.69, 9.17) is 10.3 Å². The third kappa shape index (κ3) is 3.46. The van der Waals surface area contributed by atoms with Crippen LogP contribution in [-0.2, 0) is 5.75 Å². The van der Waals surface area contributed by atoms with Crippen molar-refractivity contribution in [3.05, 3.63) is 24.0 Å². The fourth-order valence-corrected chi connectivity index (χ4v) is 1.95. The van der Waals surface area contributed by atoms with Gasteiger partial charge in [-0.15, -0.1) is 11.8 Å². The van der Waals surface area contributed by atoms with Gasteiger partial charge in [-0.05, 0) is 12.1 Å². The third-order valence-corrected chi connectivity index (χ3v) is 3.36. The maximum absolute atomic E-state index is 5.61. The topological polar surface area (TPSA) is 77.8 Å². The second-order valence-electron chi connectivity index (χ2n) is 4.86. The molecule has 0 amide bonds. The zero-order valence-corrected chi connectivity index (χ0v) is 11.5. The molecule has 2 N–H and O–H groups in total. The number of pyridine rings is 1. The Labute approximate surface area is 110 Å². The van der Waals surface area contributed by atoms with Crippen molar-refractivity contribution in [2.45, 2.75) is 31.3 Å². The summed E-state index contributed by atoms with van der Waals surface area (Å²) in [7, 11) is 0. The van der Waals surface area contributed by atoms with Gasteiger partial charge in [-0.25, -0.2) is 4.98 Å². The van der Waals surface area contributed by atoms with Crippen molar-refractivity contribution in [1.82, 2.24) is 15.1 Å². The Morgan fingerprint density at radius 2 is 2.06 bits per heavy atom. The predicted molar refractivity (Wildman–Crippen MR) is 73.0 cm³/mol. The van der Waals surface area contributed by atoms with E-state index in [1.54, 1.807) is 23.9 Å². The molecule has 2 aromatic rings. The van der Waals surface area contributed by atoms with Gasteiger partial charge in [0.1, 0.15) is 11.5 Å². The molecular weight excluding hydrogens is 248 g/mol. The molecule has 0 aromatic carbocycles. The third-order valence-electron chi connectivity index (χ3n) is 2.09. The number of nitrogen functional groups attached to an aromatic ring is 1. The molecule has 0 saturated heterocycles. The molecule has 0 fully saturated rings. The SMILES string of the molecule is CC(C)(C)SCc1noc(-c2cccc(N)n2)n1. The van der Waals surface area contributed by atoms with Crippen LogP contribution in [0, 0.1) is 0 Å². The lowest BCUT2D eigenvalue weighted by Gasteiger charge is -2.15. The minimum absolute atomic E-state index is 0.177. The number of aromatic nitrogens is 3. The molecule has 2 aromatic heterocycles. The van der Waals surface area contributed by atoms with Crippen LogP contribution in [0.4, 0.5) is 5.82 Å². The smallest absolute Gasteiger partial charge is 0.276 e. The lowest BCUT2D eigenvalue weighted by atomic mass is 10.3. The maximum Gasteiger partial charge on any atom is 0.276 e. The molecule has 96 valence electrons. The Hall–Kier alpha value is -1.56. The predicted octanol–water partition coefficient (Wildman–Crippen LogP) is 2.75. The highest BCUT2D eigenvalue weighted by atomic mass is 32.2. The zero-order valence-electron chi connectivity index (χ0n) is 10.7. The van der Waals surface area contributed by atoms with Crippen molar-refractivity contribution in [2.75, 3.05) is 5.73 Å². The summed E-state index contributed by atoms with van der Waals surface area (Å²) < 4.78 is 5.36. The molecule has 0 radical (unpaired) electrons. The van der Waals surface area contributed by atoms with Crippen LogP contribution in [0.1, 0.15) is 26.6 Å². The van der Waals surface area contributed by atoms with Crippen LogP contribution in [0.2, 0.25) is 0 Å². The minimum Gasteiger partial charge on any atom is -0.384 e. The van der Waals surface area contributed by atoms with Crippen LogP contribution in [0.3, 0.4) is 0 Å². The van der Waals surface area contributed by atoms with E-state index in [2.05, 4.69) is 35.9 Å². The summed E-state index contributed by atoms with van der Waals surface area (Å²) in [5.74, 6) is 2.24. The van der Waals surface area contributed by atoms with Crippen LogP contribution in [0.5, 0.6) is 0 Å². The van der Waals surface area contributed by atoms with Gasteiger partial charge in [0.15, 0.2) is 5.82 Å².